The van der Waals surface area contributed by atoms with Crippen LogP contribution in [0.1, 0.15) is 55.2 Å². The Bertz CT molecular complexity index is 1340. The first-order valence-electron chi connectivity index (χ1n) is 11.4. The molecule has 0 bridgehead atoms. The smallest absolute Gasteiger partial charge is 0.415 e. The second-order valence-corrected chi connectivity index (χ2v) is 10.5. The Labute approximate surface area is 212 Å². The molecule has 36 heavy (non-hydrogen) atoms. The van der Waals surface area contributed by atoms with E-state index >= 15 is 0 Å². The Hall–Kier alpha value is -3.84. The first-order valence-corrected chi connectivity index (χ1v) is 11.8. The van der Waals surface area contributed by atoms with Crippen LogP contribution in [0.5, 0.6) is 5.75 Å². The van der Waals surface area contributed by atoms with Gasteiger partial charge >= 0.3 is 6.09 Å². The summed E-state index contributed by atoms with van der Waals surface area (Å²) in [7, 11) is 0. The van der Waals surface area contributed by atoms with Crippen molar-refractivity contribution in [1.29, 1.82) is 5.26 Å². The maximum absolute atomic E-state index is 12.9. The molecule has 2 aliphatic heterocycles. The maximum Gasteiger partial charge on any atom is 0.415 e. The quantitative estimate of drug-likeness (QED) is 0.621. The van der Waals surface area contributed by atoms with Gasteiger partial charge in [0.25, 0.3) is 11.9 Å². The monoisotopic (exact) mass is 509 g/mol. The molecular formula is C25H24ClN5O5. The topological polar surface area (TPSA) is 135 Å². The van der Waals surface area contributed by atoms with E-state index in [0.29, 0.717) is 18.0 Å². The first kappa shape index (κ1) is 23.9. The van der Waals surface area contributed by atoms with Gasteiger partial charge in [0.15, 0.2) is 0 Å². The van der Waals surface area contributed by atoms with Gasteiger partial charge in [0.2, 0.25) is 0 Å². The normalized spacial score (nSPS) is 20.9. The number of hydrogen-bond acceptors (Lipinski definition) is 8. The molecule has 186 valence electrons. The number of anilines is 1. The summed E-state index contributed by atoms with van der Waals surface area (Å²) in [6.45, 7) is 6.01. The van der Waals surface area contributed by atoms with E-state index in [-0.39, 0.29) is 34.3 Å². The standard InChI is InChI=1S/C25H24ClN5O5/c1-23(2,3)36-22(33)30-21-31-25(13-35-21)16-9-15(4-5-18(16)34-12-24(25)6-7-24)29-20(32)19-17(26)8-14(10-27)11-28-19/h4-5,8-9,11H,6-7,12-13H2,1-3H3,(H,29,32)(H,30,31,33). The minimum Gasteiger partial charge on any atom is -0.493 e. The van der Waals surface area contributed by atoms with Gasteiger partial charge in [-0.25, -0.2) is 20.1 Å². The van der Waals surface area contributed by atoms with Crippen LogP contribution in [0, 0.1) is 16.7 Å². The molecule has 3 heterocycles. The van der Waals surface area contributed by atoms with Gasteiger partial charge in [0, 0.05) is 22.9 Å². The SMILES string of the molecule is CC(C)(C)OC(=O)NC1=NC2(CO1)c1cc(NC(=O)c3ncc(C#N)cc3Cl)ccc1OCC21CC1. The number of nitrogens with one attached hydrogen (secondary N) is 2. The predicted molar refractivity (Wildman–Crippen MR) is 130 cm³/mol. The molecule has 1 aromatic heterocycles. The molecule has 10 nitrogen and oxygen atoms in total. The van der Waals surface area contributed by atoms with Crippen molar-refractivity contribution in [2.45, 2.75) is 44.8 Å². The second-order valence-electron chi connectivity index (χ2n) is 10.1. The Morgan fingerprint density at radius 3 is 2.61 bits per heavy atom. The molecule has 1 fully saturated rings. The van der Waals surface area contributed by atoms with Crippen molar-refractivity contribution in [2.24, 2.45) is 10.4 Å². The Morgan fingerprint density at radius 2 is 1.94 bits per heavy atom. The number of carbonyl (C=O) groups is 2. The van der Waals surface area contributed by atoms with Gasteiger partial charge in [-0.15, -0.1) is 0 Å². The summed E-state index contributed by atoms with van der Waals surface area (Å²) in [5, 5.41) is 14.5. The summed E-state index contributed by atoms with van der Waals surface area (Å²) in [4.78, 5) is 34.0. The van der Waals surface area contributed by atoms with Crippen molar-refractivity contribution in [2.75, 3.05) is 18.5 Å². The number of rotatable bonds is 2. The third-order valence-corrected chi connectivity index (χ3v) is 6.71. The number of ether oxygens (including phenoxy) is 3. The largest absolute Gasteiger partial charge is 0.493 e. The van der Waals surface area contributed by atoms with E-state index in [1.807, 2.05) is 6.07 Å². The third kappa shape index (κ3) is 4.20. The molecule has 1 atom stereocenters. The minimum atomic E-state index is -0.782. The van der Waals surface area contributed by atoms with Crippen molar-refractivity contribution in [3.8, 4) is 11.8 Å². The average Bonchev–Trinajstić information content (AvgIpc) is 3.48. The molecule has 1 aromatic carbocycles. The van der Waals surface area contributed by atoms with E-state index in [9.17, 15) is 9.59 Å². The van der Waals surface area contributed by atoms with Gasteiger partial charge in [-0.1, -0.05) is 11.6 Å². The van der Waals surface area contributed by atoms with Gasteiger partial charge in [-0.3, -0.25) is 4.79 Å². The van der Waals surface area contributed by atoms with Gasteiger partial charge < -0.3 is 19.5 Å². The average molecular weight is 510 g/mol. The number of nitrogens with zero attached hydrogens (tertiary/aromatic N) is 3. The number of halogens is 1. The van der Waals surface area contributed by atoms with Gasteiger partial charge in [-0.05, 0) is 57.9 Å². The molecule has 1 saturated carbocycles. The summed E-state index contributed by atoms with van der Waals surface area (Å²) >= 11 is 6.15. The van der Waals surface area contributed by atoms with Crippen LogP contribution in [0.3, 0.4) is 0 Å². The molecule has 3 aliphatic rings. The fraction of sp³-hybridized carbons (Fsp3) is 0.400. The Balaban J connectivity index is 1.44. The highest BCUT2D eigenvalue weighted by atomic mass is 35.5. The Kier molecular flexibility index (Phi) is 5.56. The number of carbonyl (C=O) groups excluding carboxylic acids is 2. The molecule has 1 unspecified atom stereocenters. The van der Waals surface area contributed by atoms with E-state index in [1.54, 1.807) is 39.0 Å². The van der Waals surface area contributed by atoms with Gasteiger partial charge in [0.1, 0.15) is 35.3 Å². The third-order valence-electron chi connectivity index (χ3n) is 6.42. The number of fused-ring (bicyclic) bond motifs is 3. The molecule has 2 aromatic rings. The summed E-state index contributed by atoms with van der Waals surface area (Å²) < 4.78 is 17.2. The highest BCUT2D eigenvalue weighted by Gasteiger charge is 2.66. The van der Waals surface area contributed by atoms with Crippen molar-refractivity contribution in [3.05, 3.63) is 52.3 Å². The van der Waals surface area contributed by atoms with Crippen molar-refractivity contribution in [3.63, 3.8) is 0 Å². The fourth-order valence-electron chi connectivity index (χ4n) is 4.52. The van der Waals surface area contributed by atoms with Crippen LogP contribution >= 0.6 is 11.6 Å². The lowest BCUT2D eigenvalue weighted by Gasteiger charge is -2.39. The minimum absolute atomic E-state index is 0.00378. The number of pyridine rings is 1. The zero-order valence-electron chi connectivity index (χ0n) is 20.0. The van der Waals surface area contributed by atoms with Crippen molar-refractivity contribution in [1.82, 2.24) is 10.3 Å². The molecule has 2 spiro atoms. The van der Waals surface area contributed by atoms with Crippen molar-refractivity contribution < 1.29 is 23.8 Å². The van der Waals surface area contributed by atoms with Crippen molar-refractivity contribution >= 4 is 35.3 Å². The number of benzene rings is 1. The summed E-state index contributed by atoms with van der Waals surface area (Å²) in [5.41, 5.74) is -0.204. The molecule has 0 radical (unpaired) electrons. The summed E-state index contributed by atoms with van der Waals surface area (Å²) in [5.74, 6) is 0.112. The lowest BCUT2D eigenvalue weighted by molar-refractivity contribution is 0.0546. The number of amidine groups is 1. The summed E-state index contributed by atoms with van der Waals surface area (Å²) in [6, 6.07) is 8.69. The number of aliphatic imine (C=N–C) groups is 1. The van der Waals surface area contributed by atoms with E-state index in [2.05, 4.69) is 15.6 Å². The van der Waals surface area contributed by atoms with Crippen LogP contribution in [-0.2, 0) is 15.0 Å². The van der Waals surface area contributed by atoms with Gasteiger partial charge in [0.05, 0.1) is 17.2 Å². The molecule has 0 saturated heterocycles. The lowest BCUT2D eigenvalue weighted by Crippen LogP contribution is -2.44. The Morgan fingerprint density at radius 1 is 1.17 bits per heavy atom. The van der Waals surface area contributed by atoms with Crippen LogP contribution < -0.4 is 15.4 Å². The first-order chi connectivity index (χ1) is 17.0. The molecule has 2 N–H and O–H groups in total. The fourth-order valence-corrected chi connectivity index (χ4v) is 4.77. The maximum atomic E-state index is 12.9. The van der Waals surface area contributed by atoms with Crippen LogP contribution in [0.4, 0.5) is 10.5 Å². The highest BCUT2D eigenvalue weighted by molar-refractivity contribution is 6.34. The molecule has 1 aliphatic carbocycles. The van der Waals surface area contributed by atoms with Gasteiger partial charge in [-0.2, -0.15) is 5.26 Å². The van der Waals surface area contributed by atoms with E-state index in [1.165, 1.54) is 12.3 Å². The van der Waals surface area contributed by atoms with Crippen LogP contribution in [0.15, 0.2) is 35.5 Å². The number of aromatic nitrogens is 1. The predicted octanol–water partition coefficient (Wildman–Crippen LogP) is 4.14. The summed E-state index contributed by atoms with van der Waals surface area (Å²) in [6.07, 6.45) is 2.42. The number of alkyl carbamates (subject to hydrolysis) is 1. The van der Waals surface area contributed by atoms with Crippen LogP contribution in [0.2, 0.25) is 5.02 Å². The van der Waals surface area contributed by atoms with Crippen LogP contribution in [0.25, 0.3) is 0 Å². The van der Waals surface area contributed by atoms with E-state index in [0.717, 1.165) is 18.4 Å². The van der Waals surface area contributed by atoms with E-state index < -0.39 is 23.1 Å². The molecule has 11 heteroatoms. The number of nitriles is 1. The molecule has 5 rings (SSSR count). The molecule has 2 amide bonds. The number of amides is 2. The second kappa shape index (κ2) is 8.38. The van der Waals surface area contributed by atoms with Crippen LogP contribution in [-0.4, -0.2) is 41.8 Å². The lowest BCUT2D eigenvalue weighted by atomic mass is 9.74. The highest BCUT2D eigenvalue weighted by Crippen LogP contribution is 2.65. The molecular weight excluding hydrogens is 486 g/mol. The zero-order chi connectivity index (χ0) is 25.7. The number of hydrogen-bond donors (Lipinski definition) is 2. The zero-order valence-corrected chi connectivity index (χ0v) is 20.7. The van der Waals surface area contributed by atoms with E-state index in [4.69, 9.17) is 36.1 Å².